The summed E-state index contributed by atoms with van der Waals surface area (Å²) < 4.78 is 2.55. The number of aliphatic carboxylic acids is 1. The van der Waals surface area contributed by atoms with Crippen LogP contribution < -0.4 is 0 Å². The number of nitrogens with zero attached hydrogens (tertiary/aromatic N) is 2. The molecule has 2 heterocycles. The van der Waals surface area contributed by atoms with Crippen molar-refractivity contribution in [2.75, 3.05) is 6.54 Å². The van der Waals surface area contributed by atoms with Gasteiger partial charge in [0.25, 0.3) is 5.91 Å². The van der Waals surface area contributed by atoms with Crippen molar-refractivity contribution in [1.82, 2.24) is 9.47 Å². The Hall–Kier alpha value is -1.34. The Bertz CT molecular complexity index is 540. The molecule has 1 fully saturated rings. The number of likely N-dealkylation sites (tertiary alicyclic amines) is 1. The van der Waals surface area contributed by atoms with Gasteiger partial charge in [0.2, 0.25) is 0 Å². The second-order valence-electron chi connectivity index (χ2n) is 5.25. The van der Waals surface area contributed by atoms with E-state index in [0.29, 0.717) is 5.69 Å². The third kappa shape index (κ3) is 2.73. The molecule has 6 nitrogen and oxygen atoms in total. The van der Waals surface area contributed by atoms with E-state index in [0.717, 1.165) is 4.47 Å². The number of β-amino-alcohol motifs (C(OH)–C–C–N with tert-alkyl or cyclic N) is 1. The van der Waals surface area contributed by atoms with E-state index >= 15 is 0 Å². The van der Waals surface area contributed by atoms with Gasteiger partial charge in [0.1, 0.15) is 11.7 Å². The van der Waals surface area contributed by atoms with Crippen molar-refractivity contribution in [2.45, 2.75) is 38.5 Å². The Morgan fingerprint density at radius 1 is 1.45 bits per heavy atom. The fourth-order valence-corrected chi connectivity index (χ4v) is 2.90. The molecule has 0 saturated carbocycles. The Balaban J connectivity index is 2.33. The lowest BCUT2D eigenvalue weighted by Crippen LogP contribution is -2.41. The summed E-state index contributed by atoms with van der Waals surface area (Å²) in [6.07, 6.45) is 1.08. The minimum atomic E-state index is -1.09. The van der Waals surface area contributed by atoms with Crippen LogP contribution in [0.3, 0.4) is 0 Å². The monoisotopic (exact) mass is 344 g/mol. The lowest BCUT2D eigenvalue weighted by Gasteiger charge is -2.22. The summed E-state index contributed by atoms with van der Waals surface area (Å²) in [4.78, 5) is 25.0. The van der Waals surface area contributed by atoms with Crippen molar-refractivity contribution in [3.05, 3.63) is 22.4 Å². The summed E-state index contributed by atoms with van der Waals surface area (Å²) in [5, 5.41) is 18.8. The summed E-state index contributed by atoms with van der Waals surface area (Å²) in [7, 11) is 0. The summed E-state index contributed by atoms with van der Waals surface area (Å²) in [5.41, 5.74) is 0.423. The molecule has 1 aromatic heterocycles. The van der Waals surface area contributed by atoms with E-state index in [1.807, 2.05) is 13.8 Å². The van der Waals surface area contributed by atoms with Crippen LogP contribution in [0.15, 0.2) is 16.7 Å². The number of halogens is 1. The van der Waals surface area contributed by atoms with E-state index in [9.17, 15) is 14.7 Å². The predicted molar refractivity (Wildman–Crippen MR) is 75.6 cm³/mol. The first-order valence-electron chi connectivity index (χ1n) is 6.40. The fourth-order valence-electron chi connectivity index (χ4n) is 2.46. The summed E-state index contributed by atoms with van der Waals surface area (Å²) in [5.74, 6) is -1.45. The smallest absolute Gasteiger partial charge is 0.326 e. The van der Waals surface area contributed by atoms with Crippen LogP contribution in [0.4, 0.5) is 0 Å². The van der Waals surface area contributed by atoms with Crippen molar-refractivity contribution < 1.29 is 19.8 Å². The largest absolute Gasteiger partial charge is 0.480 e. The molecule has 0 unspecified atom stereocenters. The van der Waals surface area contributed by atoms with Gasteiger partial charge < -0.3 is 19.7 Å². The number of carboxylic acids is 1. The van der Waals surface area contributed by atoms with E-state index in [4.69, 9.17) is 5.11 Å². The van der Waals surface area contributed by atoms with Gasteiger partial charge >= 0.3 is 5.97 Å². The number of aromatic nitrogens is 1. The number of carbonyl (C=O) groups is 2. The molecule has 20 heavy (non-hydrogen) atoms. The molecule has 1 aromatic rings. The Morgan fingerprint density at radius 2 is 2.10 bits per heavy atom. The van der Waals surface area contributed by atoms with Crippen molar-refractivity contribution in [2.24, 2.45) is 0 Å². The molecule has 2 N–H and O–H groups in total. The van der Waals surface area contributed by atoms with Crippen molar-refractivity contribution >= 4 is 27.8 Å². The predicted octanol–water partition coefficient (Wildman–Crippen LogP) is 1.49. The molecule has 1 aliphatic heterocycles. The average Bonchev–Trinajstić information content (AvgIpc) is 2.91. The molecule has 0 aliphatic carbocycles. The first kappa shape index (κ1) is 15.1. The summed E-state index contributed by atoms with van der Waals surface area (Å²) >= 11 is 3.33. The minimum Gasteiger partial charge on any atom is -0.480 e. The number of aliphatic hydroxyl groups excluding tert-OH is 1. The summed E-state index contributed by atoms with van der Waals surface area (Å²) in [6, 6.07) is 0.786. The second kappa shape index (κ2) is 5.57. The number of carbonyl (C=O) groups excluding carboxylic acids is 1. The number of aliphatic hydroxyl groups is 1. The highest BCUT2D eigenvalue weighted by Gasteiger charge is 2.40. The third-order valence-corrected chi connectivity index (χ3v) is 3.85. The van der Waals surface area contributed by atoms with Gasteiger partial charge in [-0.05, 0) is 35.8 Å². The van der Waals surface area contributed by atoms with Crippen LogP contribution in [0.1, 0.15) is 36.8 Å². The molecule has 1 amide bonds. The average molecular weight is 345 g/mol. The number of carboxylic acid groups (broad SMARTS) is 1. The van der Waals surface area contributed by atoms with Crippen LogP contribution in [0.2, 0.25) is 0 Å². The van der Waals surface area contributed by atoms with Gasteiger partial charge in [-0.2, -0.15) is 0 Å². The van der Waals surface area contributed by atoms with E-state index < -0.39 is 18.1 Å². The van der Waals surface area contributed by atoms with Crippen molar-refractivity contribution in [1.29, 1.82) is 0 Å². The zero-order chi connectivity index (χ0) is 15.0. The number of hydrogen-bond donors (Lipinski definition) is 2. The molecule has 1 saturated heterocycles. The normalized spacial score (nSPS) is 22.6. The van der Waals surface area contributed by atoms with Gasteiger partial charge in [0.15, 0.2) is 0 Å². The quantitative estimate of drug-likeness (QED) is 0.870. The maximum atomic E-state index is 12.6. The SMILES string of the molecule is CC(C)n1cc(Br)cc1C(=O)N1C[C@H](O)C[C@@H]1C(=O)O. The zero-order valence-corrected chi connectivity index (χ0v) is 12.9. The molecule has 0 spiro atoms. The molecule has 110 valence electrons. The topological polar surface area (TPSA) is 82.8 Å². The maximum absolute atomic E-state index is 12.6. The molecule has 0 aromatic carbocycles. The maximum Gasteiger partial charge on any atom is 0.326 e. The van der Waals surface area contributed by atoms with Gasteiger partial charge in [-0.15, -0.1) is 0 Å². The standard InChI is InChI=1S/C13H17BrN2O4/c1-7(2)15-5-8(14)3-10(15)12(18)16-6-9(17)4-11(16)13(19)20/h3,5,7,9,11,17H,4,6H2,1-2H3,(H,19,20)/t9-,11-/m1/s1. The van der Waals surface area contributed by atoms with E-state index in [-0.39, 0.29) is 24.9 Å². The second-order valence-corrected chi connectivity index (χ2v) is 6.16. The van der Waals surface area contributed by atoms with Crippen LogP contribution >= 0.6 is 15.9 Å². The Labute approximate surface area is 125 Å². The van der Waals surface area contributed by atoms with E-state index in [2.05, 4.69) is 15.9 Å². The fraction of sp³-hybridized carbons (Fsp3) is 0.538. The number of rotatable bonds is 3. The molecule has 0 bridgehead atoms. The van der Waals surface area contributed by atoms with Gasteiger partial charge in [0.05, 0.1) is 6.10 Å². The van der Waals surface area contributed by atoms with Crippen molar-refractivity contribution in [3.8, 4) is 0 Å². The summed E-state index contributed by atoms with van der Waals surface area (Å²) in [6.45, 7) is 3.93. The molecule has 0 radical (unpaired) electrons. The molecule has 2 atom stereocenters. The van der Waals surface area contributed by atoms with Gasteiger partial charge in [-0.3, -0.25) is 4.79 Å². The number of amides is 1. The Morgan fingerprint density at radius 3 is 2.65 bits per heavy atom. The van der Waals surface area contributed by atoms with Gasteiger partial charge in [-0.1, -0.05) is 0 Å². The minimum absolute atomic E-state index is 0.0523. The first-order chi connectivity index (χ1) is 9.31. The van der Waals surface area contributed by atoms with Crippen molar-refractivity contribution in [3.63, 3.8) is 0 Å². The van der Waals surface area contributed by atoms with E-state index in [1.165, 1.54) is 4.90 Å². The molecule has 7 heteroatoms. The Kier molecular flexibility index (Phi) is 4.19. The first-order valence-corrected chi connectivity index (χ1v) is 7.19. The molecule has 2 rings (SSSR count). The highest BCUT2D eigenvalue weighted by molar-refractivity contribution is 9.10. The van der Waals surface area contributed by atoms with Crippen LogP contribution in [0.5, 0.6) is 0 Å². The van der Waals surface area contributed by atoms with Gasteiger partial charge in [0, 0.05) is 29.7 Å². The lowest BCUT2D eigenvalue weighted by molar-refractivity contribution is -0.141. The lowest BCUT2D eigenvalue weighted by atomic mass is 10.2. The van der Waals surface area contributed by atoms with Gasteiger partial charge in [-0.25, -0.2) is 4.79 Å². The molecular weight excluding hydrogens is 328 g/mol. The highest BCUT2D eigenvalue weighted by Crippen LogP contribution is 2.25. The molecule has 1 aliphatic rings. The van der Waals surface area contributed by atoms with Crippen LogP contribution in [-0.2, 0) is 4.79 Å². The zero-order valence-electron chi connectivity index (χ0n) is 11.3. The van der Waals surface area contributed by atoms with Crippen LogP contribution in [0.25, 0.3) is 0 Å². The third-order valence-electron chi connectivity index (χ3n) is 3.42. The van der Waals surface area contributed by atoms with E-state index in [1.54, 1.807) is 16.8 Å². The van der Waals surface area contributed by atoms with Crippen LogP contribution in [-0.4, -0.2) is 50.2 Å². The van der Waals surface area contributed by atoms with Crippen LogP contribution in [0, 0.1) is 0 Å². The number of hydrogen-bond acceptors (Lipinski definition) is 3. The molecular formula is C13H17BrN2O4. The highest BCUT2D eigenvalue weighted by atomic mass is 79.9.